The van der Waals surface area contributed by atoms with Crippen LogP contribution in [0.2, 0.25) is 0 Å². The number of ether oxygens (including phenoxy) is 1. The first-order valence-corrected chi connectivity index (χ1v) is 10.1. The molecule has 0 saturated heterocycles. The lowest BCUT2D eigenvalue weighted by atomic mass is 10.1. The molecule has 0 fully saturated rings. The van der Waals surface area contributed by atoms with Crippen molar-refractivity contribution < 1.29 is 27.6 Å². The Morgan fingerprint density at radius 2 is 1.85 bits per heavy atom. The van der Waals surface area contributed by atoms with Crippen LogP contribution in [-0.2, 0) is 12.8 Å². The molecule has 0 heterocycles. The van der Waals surface area contributed by atoms with Crippen LogP contribution >= 0.6 is 15.9 Å². The SMILES string of the molecule is O=C(N/N=C\c1cc(Br)ccc1OCc1ccc([N+](=O)[O-])cc1)c1cccc(C(F)(F)F)c1. The molecule has 170 valence electrons. The zero-order chi connectivity index (χ0) is 24.0. The van der Waals surface area contributed by atoms with Gasteiger partial charge in [0.15, 0.2) is 0 Å². The topological polar surface area (TPSA) is 93.8 Å². The molecule has 1 amide bonds. The van der Waals surface area contributed by atoms with Crippen molar-refractivity contribution in [3.05, 3.63) is 104 Å². The van der Waals surface area contributed by atoms with E-state index in [1.165, 1.54) is 24.4 Å². The highest BCUT2D eigenvalue weighted by Crippen LogP contribution is 2.29. The van der Waals surface area contributed by atoms with Gasteiger partial charge in [-0.05, 0) is 54.1 Å². The van der Waals surface area contributed by atoms with Crippen LogP contribution in [0.15, 0.2) is 76.3 Å². The van der Waals surface area contributed by atoms with Crippen molar-refractivity contribution in [1.29, 1.82) is 0 Å². The van der Waals surface area contributed by atoms with Crippen LogP contribution < -0.4 is 10.2 Å². The molecule has 0 saturated carbocycles. The maximum atomic E-state index is 12.8. The zero-order valence-corrected chi connectivity index (χ0v) is 18.3. The van der Waals surface area contributed by atoms with Gasteiger partial charge >= 0.3 is 6.18 Å². The zero-order valence-electron chi connectivity index (χ0n) is 16.7. The Labute approximate surface area is 194 Å². The molecule has 0 aliphatic heterocycles. The number of nitro groups is 1. The molecule has 7 nitrogen and oxygen atoms in total. The molecular weight excluding hydrogens is 507 g/mol. The summed E-state index contributed by atoms with van der Waals surface area (Å²) in [6.07, 6.45) is -3.27. The second kappa shape index (κ2) is 10.3. The average molecular weight is 522 g/mol. The summed E-state index contributed by atoms with van der Waals surface area (Å²) >= 11 is 3.32. The molecule has 3 rings (SSSR count). The van der Waals surface area contributed by atoms with Crippen LogP contribution in [0.3, 0.4) is 0 Å². The fourth-order valence-corrected chi connectivity index (χ4v) is 3.07. The first-order chi connectivity index (χ1) is 15.6. The smallest absolute Gasteiger partial charge is 0.416 e. The van der Waals surface area contributed by atoms with Crippen molar-refractivity contribution in [2.45, 2.75) is 12.8 Å². The van der Waals surface area contributed by atoms with E-state index in [1.54, 1.807) is 30.3 Å². The van der Waals surface area contributed by atoms with E-state index in [4.69, 9.17) is 4.74 Å². The lowest BCUT2D eigenvalue weighted by Gasteiger charge is -2.10. The van der Waals surface area contributed by atoms with E-state index in [9.17, 15) is 28.1 Å². The molecule has 3 aromatic carbocycles. The molecule has 0 bridgehead atoms. The van der Waals surface area contributed by atoms with Gasteiger partial charge < -0.3 is 4.74 Å². The number of hydrogen-bond donors (Lipinski definition) is 1. The van der Waals surface area contributed by atoms with E-state index in [0.29, 0.717) is 21.3 Å². The van der Waals surface area contributed by atoms with Crippen LogP contribution in [0.4, 0.5) is 18.9 Å². The molecule has 3 aromatic rings. The number of benzene rings is 3. The fourth-order valence-electron chi connectivity index (χ4n) is 2.69. The molecule has 33 heavy (non-hydrogen) atoms. The Morgan fingerprint density at radius 3 is 2.52 bits per heavy atom. The largest absolute Gasteiger partial charge is 0.488 e. The number of rotatable bonds is 7. The van der Waals surface area contributed by atoms with Crippen molar-refractivity contribution in [2.75, 3.05) is 0 Å². The van der Waals surface area contributed by atoms with Crippen molar-refractivity contribution in [3.8, 4) is 5.75 Å². The molecule has 0 aromatic heterocycles. The van der Waals surface area contributed by atoms with Gasteiger partial charge in [-0.15, -0.1) is 0 Å². The quantitative estimate of drug-likeness (QED) is 0.244. The van der Waals surface area contributed by atoms with Crippen molar-refractivity contribution >= 4 is 33.7 Å². The highest BCUT2D eigenvalue weighted by Gasteiger charge is 2.30. The molecule has 11 heteroatoms. The van der Waals surface area contributed by atoms with Crippen molar-refractivity contribution in [1.82, 2.24) is 5.43 Å². The first-order valence-electron chi connectivity index (χ1n) is 9.30. The standard InChI is InChI=1S/C22H15BrF3N3O4/c23-18-6-9-20(33-13-14-4-7-19(8-5-14)29(31)32)16(11-18)12-27-28-21(30)15-2-1-3-17(10-15)22(24,25)26/h1-12H,13H2,(H,28,30)/b27-12-. The van der Waals surface area contributed by atoms with Gasteiger partial charge in [-0.25, -0.2) is 5.43 Å². The Hall–Kier alpha value is -3.73. The van der Waals surface area contributed by atoms with Crippen LogP contribution in [0.5, 0.6) is 5.75 Å². The van der Waals surface area contributed by atoms with Gasteiger partial charge in [0.05, 0.1) is 16.7 Å². The van der Waals surface area contributed by atoms with Crippen LogP contribution in [0.1, 0.15) is 27.0 Å². The normalized spacial score (nSPS) is 11.4. The van der Waals surface area contributed by atoms with Crippen LogP contribution in [0, 0.1) is 10.1 Å². The summed E-state index contributed by atoms with van der Waals surface area (Å²) in [6, 6.07) is 14.9. The summed E-state index contributed by atoms with van der Waals surface area (Å²) in [7, 11) is 0. The van der Waals surface area contributed by atoms with Gasteiger partial charge in [0.2, 0.25) is 0 Å². The lowest BCUT2D eigenvalue weighted by Crippen LogP contribution is -2.18. The number of nitro benzene ring substituents is 1. The number of hydrazone groups is 1. The van der Waals surface area contributed by atoms with E-state index in [0.717, 1.165) is 18.2 Å². The first kappa shape index (κ1) is 23.9. The van der Waals surface area contributed by atoms with E-state index in [2.05, 4.69) is 26.5 Å². The van der Waals surface area contributed by atoms with Gasteiger partial charge in [0.1, 0.15) is 12.4 Å². The number of carbonyl (C=O) groups excluding carboxylic acids is 1. The summed E-state index contributed by atoms with van der Waals surface area (Å²) in [4.78, 5) is 22.4. The second-order valence-corrected chi connectivity index (χ2v) is 7.59. The maximum Gasteiger partial charge on any atom is 0.416 e. The number of carbonyl (C=O) groups is 1. The average Bonchev–Trinajstić information content (AvgIpc) is 2.78. The summed E-state index contributed by atoms with van der Waals surface area (Å²) < 4.78 is 44.9. The Bertz CT molecular complexity index is 1200. The minimum Gasteiger partial charge on any atom is -0.488 e. The predicted molar refractivity (Wildman–Crippen MR) is 118 cm³/mol. The van der Waals surface area contributed by atoms with E-state index in [-0.39, 0.29) is 17.9 Å². The maximum absolute atomic E-state index is 12.8. The molecule has 0 atom stereocenters. The van der Waals surface area contributed by atoms with Gasteiger partial charge in [-0.1, -0.05) is 22.0 Å². The Kier molecular flexibility index (Phi) is 7.44. The number of nitrogens with one attached hydrogen (secondary N) is 1. The van der Waals surface area contributed by atoms with Crippen LogP contribution in [0.25, 0.3) is 0 Å². The second-order valence-electron chi connectivity index (χ2n) is 6.67. The number of non-ortho nitro benzene ring substituents is 1. The highest BCUT2D eigenvalue weighted by molar-refractivity contribution is 9.10. The molecule has 0 aliphatic carbocycles. The number of amides is 1. The van der Waals surface area contributed by atoms with Crippen molar-refractivity contribution in [3.63, 3.8) is 0 Å². The highest BCUT2D eigenvalue weighted by atomic mass is 79.9. The number of nitrogens with zero attached hydrogens (tertiary/aromatic N) is 2. The molecule has 1 N–H and O–H groups in total. The van der Waals surface area contributed by atoms with Gasteiger partial charge in [0, 0.05) is 27.7 Å². The summed E-state index contributed by atoms with van der Waals surface area (Å²) in [5, 5.41) is 14.6. The fraction of sp³-hybridized carbons (Fsp3) is 0.0909. The molecular formula is C22H15BrF3N3O4. The summed E-state index contributed by atoms with van der Waals surface area (Å²) in [6.45, 7) is 0.122. The monoisotopic (exact) mass is 521 g/mol. The number of hydrogen-bond acceptors (Lipinski definition) is 5. The Balaban J connectivity index is 1.69. The third-order valence-electron chi connectivity index (χ3n) is 4.34. The van der Waals surface area contributed by atoms with E-state index in [1.807, 2.05) is 0 Å². The van der Waals surface area contributed by atoms with E-state index < -0.39 is 22.6 Å². The van der Waals surface area contributed by atoms with Crippen LogP contribution in [-0.4, -0.2) is 17.0 Å². The lowest BCUT2D eigenvalue weighted by molar-refractivity contribution is -0.384. The molecule has 0 aliphatic rings. The molecule has 0 radical (unpaired) electrons. The third-order valence-corrected chi connectivity index (χ3v) is 4.83. The molecule has 0 spiro atoms. The number of alkyl halides is 3. The van der Waals surface area contributed by atoms with Gasteiger partial charge in [-0.2, -0.15) is 18.3 Å². The van der Waals surface area contributed by atoms with E-state index >= 15 is 0 Å². The van der Waals surface area contributed by atoms with Crippen molar-refractivity contribution in [2.24, 2.45) is 5.10 Å². The molecule has 0 unspecified atom stereocenters. The summed E-state index contributed by atoms with van der Waals surface area (Å²) in [5.74, 6) is -0.394. The third kappa shape index (κ3) is 6.62. The predicted octanol–water partition coefficient (Wildman–Crippen LogP) is 5.72. The minimum atomic E-state index is -4.56. The summed E-state index contributed by atoms with van der Waals surface area (Å²) in [5.41, 5.74) is 2.21. The van der Waals surface area contributed by atoms with Gasteiger partial charge in [-0.3, -0.25) is 14.9 Å². The Morgan fingerprint density at radius 1 is 1.12 bits per heavy atom. The number of halogens is 4. The van der Waals surface area contributed by atoms with Gasteiger partial charge in [0.25, 0.3) is 11.6 Å². The minimum absolute atomic E-state index is 0.0354.